The summed E-state index contributed by atoms with van der Waals surface area (Å²) in [5, 5.41) is 5.74. The number of rotatable bonds is 17. The number of imidazole rings is 1. The van der Waals surface area contributed by atoms with Crippen molar-refractivity contribution in [2.24, 2.45) is 16.5 Å². The number of fused-ring (bicyclic) bond motifs is 5. The molecule has 22 heteroatoms. The second-order valence-electron chi connectivity index (χ2n) is 26.8. The third kappa shape index (κ3) is 17.7. The number of aromatic amines is 1. The fraction of sp³-hybridized carbons (Fsp3) is 0.128. The smallest absolute Gasteiger partial charge is 0.266 e. The number of anilines is 1. The maximum absolute atomic E-state index is 13.9. The predicted octanol–water partition coefficient (Wildman–Crippen LogP) is 16.1. The fourth-order valence-corrected chi connectivity index (χ4v) is 13.7. The number of terminal acetylenes is 4. The third-order valence-corrected chi connectivity index (χ3v) is 19.1. The van der Waals surface area contributed by atoms with Crippen LogP contribution in [0, 0.1) is 77.1 Å². The number of aryl methyl sites for hydroxylation is 4. The largest absolute Gasteiger partial charge is 0.357 e. The van der Waals surface area contributed by atoms with Gasteiger partial charge in [0.05, 0.1) is 96.5 Å². The number of para-hydroxylation sites is 4. The Morgan fingerprint density at radius 1 is 0.397 bits per heavy atom. The van der Waals surface area contributed by atoms with Crippen molar-refractivity contribution in [1.82, 2.24) is 58.1 Å². The van der Waals surface area contributed by atoms with Gasteiger partial charge in [0.15, 0.2) is 11.5 Å². The van der Waals surface area contributed by atoms with Crippen molar-refractivity contribution in [3.8, 4) is 72.1 Å². The molecule has 6 heterocycles. The van der Waals surface area contributed by atoms with Gasteiger partial charge in [0.2, 0.25) is 0 Å². The third-order valence-electron chi connectivity index (χ3n) is 19.1. The average Bonchev–Trinajstić information content (AvgIpc) is 1.32. The number of hydrogen-bond donors (Lipinski definition) is 4. The highest BCUT2D eigenvalue weighted by Crippen LogP contribution is 2.31. The minimum Gasteiger partial charge on any atom is -0.357 e. The summed E-state index contributed by atoms with van der Waals surface area (Å²) in [6.07, 6.45) is 26.5. The molecule has 574 valence electrons. The molecular weight excluding hydrogens is 1490 g/mol. The summed E-state index contributed by atoms with van der Waals surface area (Å²) in [7, 11) is 0. The lowest BCUT2D eigenvalue weighted by Crippen LogP contribution is -2.28. The minimum absolute atomic E-state index is 0. The number of aromatic nitrogens is 12. The van der Waals surface area contributed by atoms with E-state index in [-0.39, 0.29) is 53.5 Å². The molecule has 20 nitrogen and oxygen atoms in total. The Hall–Kier alpha value is -14.5. The monoisotopic (exact) mass is 1570 g/mol. The molecule has 6 aromatic heterocycles. The molecular formula is C94H80Cl2N16O4. The van der Waals surface area contributed by atoms with Gasteiger partial charge in [0.25, 0.3) is 22.2 Å². The van der Waals surface area contributed by atoms with Gasteiger partial charge >= 0.3 is 0 Å². The topological polar surface area (TPSA) is 270 Å². The van der Waals surface area contributed by atoms with Crippen LogP contribution in [-0.4, -0.2) is 63.9 Å². The molecule has 0 aliphatic heterocycles. The van der Waals surface area contributed by atoms with Crippen LogP contribution in [-0.2, 0) is 0 Å². The standard InChI is InChI=1S/C32H25N3O.C24H19N7O.2C19H17N3O.2ClH/c1-3-14-28(33-30(24-16-7-4-8-17-24)25-18-9-5-10-19-25)31-34-27-22-13-15-23(2)29(27)32(36)35(31)26-20-11-6-12-21-26;1-3-8-18(29-22-20-21(26-13-25-20)27-14-28-22)23-30-17-12-7-9-15(2)19(17)24(32)31(23)16-10-5-4-6-11-16;2*1-3-8-15(20)18-21-16-12-7-9-13(2)17(16)19(23)22(18)14-10-5-4-6-11-14;;/h1,4-13,15-22,28H,14H2,2H3;1,4-7,9-14,18H,8H2,2H3,(H2,25,26,27,28,29);2*1,4-7,9-12,15H,8,20H2,2H3;2*1H. The van der Waals surface area contributed by atoms with Gasteiger partial charge in [-0.15, -0.1) is 74.2 Å². The van der Waals surface area contributed by atoms with E-state index in [1.807, 2.05) is 282 Å². The molecule has 10 aromatic carbocycles. The van der Waals surface area contributed by atoms with Crippen molar-refractivity contribution in [2.75, 3.05) is 5.32 Å². The minimum atomic E-state index is -0.539. The van der Waals surface area contributed by atoms with E-state index in [9.17, 15) is 19.2 Å². The van der Waals surface area contributed by atoms with E-state index >= 15 is 0 Å². The van der Waals surface area contributed by atoms with Gasteiger partial charge in [-0.1, -0.05) is 182 Å². The molecule has 0 fully saturated rings. The molecule has 4 unspecified atom stereocenters. The molecule has 0 saturated heterocycles. The summed E-state index contributed by atoms with van der Waals surface area (Å²) in [5.74, 6) is 13.1. The van der Waals surface area contributed by atoms with Crippen molar-refractivity contribution >= 4 is 91.1 Å². The Labute approximate surface area is 682 Å². The van der Waals surface area contributed by atoms with Crippen LogP contribution in [0.5, 0.6) is 0 Å². The molecule has 0 aliphatic rings. The molecule has 0 saturated carbocycles. The van der Waals surface area contributed by atoms with Crippen LogP contribution in [0.15, 0.2) is 292 Å². The maximum Gasteiger partial charge on any atom is 0.266 e. The van der Waals surface area contributed by atoms with Crippen molar-refractivity contribution < 1.29 is 0 Å². The highest BCUT2D eigenvalue weighted by molar-refractivity contribution is 6.13. The number of benzene rings is 10. The van der Waals surface area contributed by atoms with E-state index in [0.717, 1.165) is 56.2 Å². The van der Waals surface area contributed by atoms with Crippen LogP contribution >= 0.6 is 24.8 Å². The zero-order valence-corrected chi connectivity index (χ0v) is 65.5. The first kappa shape index (κ1) is 82.5. The second kappa shape index (κ2) is 38.2. The normalized spacial score (nSPS) is 11.7. The van der Waals surface area contributed by atoms with Crippen LogP contribution < -0.4 is 39.0 Å². The molecule has 0 radical (unpaired) electrons. The van der Waals surface area contributed by atoms with Gasteiger partial charge in [-0.2, -0.15) is 0 Å². The highest BCUT2D eigenvalue weighted by atomic mass is 35.5. The molecule has 116 heavy (non-hydrogen) atoms. The number of H-pyrrole nitrogens is 1. The van der Waals surface area contributed by atoms with E-state index in [2.05, 4.69) is 58.9 Å². The number of nitrogens with two attached hydrogens (primary N) is 2. The van der Waals surface area contributed by atoms with Crippen molar-refractivity contribution in [1.29, 1.82) is 0 Å². The lowest BCUT2D eigenvalue weighted by atomic mass is 10.0. The molecule has 0 amide bonds. The summed E-state index contributed by atoms with van der Waals surface area (Å²) in [6, 6.07) is 78.3. The molecule has 0 spiro atoms. The lowest BCUT2D eigenvalue weighted by Gasteiger charge is -2.22. The van der Waals surface area contributed by atoms with Crippen LogP contribution in [0.4, 0.5) is 5.82 Å². The predicted molar refractivity (Wildman–Crippen MR) is 470 cm³/mol. The van der Waals surface area contributed by atoms with E-state index in [1.54, 1.807) is 24.6 Å². The average molecular weight is 1570 g/mol. The number of nitrogens with zero attached hydrogens (tertiary/aromatic N) is 12. The summed E-state index contributed by atoms with van der Waals surface area (Å²) in [4.78, 5) is 93.9. The molecule has 4 atom stereocenters. The van der Waals surface area contributed by atoms with E-state index in [4.69, 9.17) is 52.1 Å². The fourth-order valence-electron chi connectivity index (χ4n) is 13.7. The van der Waals surface area contributed by atoms with Gasteiger partial charge in [0, 0.05) is 36.8 Å². The first-order valence-corrected chi connectivity index (χ1v) is 36.8. The maximum atomic E-state index is 13.9. The Morgan fingerprint density at radius 3 is 1.07 bits per heavy atom. The Morgan fingerprint density at radius 2 is 0.716 bits per heavy atom. The van der Waals surface area contributed by atoms with Crippen molar-refractivity contribution in [3.05, 3.63) is 366 Å². The summed E-state index contributed by atoms with van der Waals surface area (Å²) in [5.41, 5.74) is 24.7. The van der Waals surface area contributed by atoms with Crippen LogP contribution in [0.3, 0.4) is 0 Å². The number of hydrogen-bond acceptors (Lipinski definition) is 15. The van der Waals surface area contributed by atoms with Gasteiger partial charge in [-0.25, -0.2) is 34.9 Å². The van der Waals surface area contributed by atoms with Crippen LogP contribution in [0.25, 0.3) is 77.5 Å². The lowest BCUT2D eigenvalue weighted by molar-refractivity contribution is 0.658. The first-order chi connectivity index (χ1) is 55.6. The van der Waals surface area contributed by atoms with E-state index in [1.165, 1.54) is 6.33 Å². The van der Waals surface area contributed by atoms with Crippen LogP contribution in [0.2, 0.25) is 0 Å². The van der Waals surface area contributed by atoms with Gasteiger partial charge < -0.3 is 21.8 Å². The second-order valence-corrected chi connectivity index (χ2v) is 26.8. The van der Waals surface area contributed by atoms with E-state index in [0.29, 0.717) is 109 Å². The number of nitrogens with one attached hydrogen (secondary N) is 2. The zero-order chi connectivity index (χ0) is 79.8. The number of halogens is 2. The Balaban J connectivity index is 0.000000154. The SMILES string of the molecule is C#CCC(N)c1nc2cccc(C)c2c(=O)n1-c1ccccc1.C#CCC(N)c1nc2cccc(C)c2c(=O)n1-c1ccccc1.C#CCC(N=C(c1ccccc1)c1ccccc1)c1nc2cccc(C)c2c(=O)n1-c1ccccc1.C#CCC(Nc1ncnc2nc[nH]c12)c1nc2cccc(C)c2c(=O)n1-c1ccccc1.Cl.Cl. The van der Waals surface area contributed by atoms with Gasteiger partial charge in [0.1, 0.15) is 41.2 Å². The molecule has 0 aliphatic carbocycles. The summed E-state index contributed by atoms with van der Waals surface area (Å²) >= 11 is 0. The quantitative estimate of drug-likeness (QED) is 0.0488. The molecule has 0 bridgehead atoms. The Bertz CT molecular complexity index is 6470. The molecule has 16 rings (SSSR count). The first-order valence-electron chi connectivity index (χ1n) is 36.8. The number of aliphatic imine (C=N–C) groups is 1. The van der Waals surface area contributed by atoms with Gasteiger partial charge in [-0.05, 0) is 123 Å². The Kier molecular flexibility index (Phi) is 27.1. The summed E-state index contributed by atoms with van der Waals surface area (Å²) in [6.45, 7) is 7.65. The van der Waals surface area contributed by atoms with Gasteiger partial charge in [-0.3, -0.25) is 42.4 Å². The summed E-state index contributed by atoms with van der Waals surface area (Å²) < 4.78 is 6.42. The van der Waals surface area contributed by atoms with Crippen molar-refractivity contribution in [3.63, 3.8) is 0 Å². The molecule has 6 N–H and O–H groups in total. The van der Waals surface area contributed by atoms with E-state index < -0.39 is 24.2 Å². The van der Waals surface area contributed by atoms with Crippen LogP contribution in [0.1, 0.15) is 107 Å². The highest BCUT2D eigenvalue weighted by Gasteiger charge is 2.27. The van der Waals surface area contributed by atoms with Crippen molar-refractivity contribution in [2.45, 2.75) is 77.5 Å². The molecule has 16 aromatic rings. The zero-order valence-electron chi connectivity index (χ0n) is 63.8.